The van der Waals surface area contributed by atoms with E-state index in [1.165, 1.54) is 41.5 Å². The molecule has 0 fully saturated rings. The van der Waals surface area contributed by atoms with Gasteiger partial charge < -0.3 is 19.3 Å². The SMILES string of the molecule is COC(=O)C(CCC(F)(F)CO)N(C(=O)OC(C)(C)C)C(=O)OC(C)(C)C. The first kappa shape index (κ1) is 25.0. The lowest BCUT2D eigenvalue weighted by molar-refractivity contribution is -0.148. The van der Waals surface area contributed by atoms with E-state index in [2.05, 4.69) is 4.74 Å². The first-order valence-corrected chi connectivity index (χ1v) is 8.34. The third kappa shape index (κ3) is 9.50. The second kappa shape index (κ2) is 9.29. The van der Waals surface area contributed by atoms with Gasteiger partial charge in [-0.1, -0.05) is 0 Å². The molecule has 0 spiro atoms. The fourth-order valence-corrected chi connectivity index (χ4v) is 1.87. The first-order valence-electron chi connectivity index (χ1n) is 8.34. The monoisotopic (exact) mass is 397 g/mol. The molecular weight excluding hydrogens is 368 g/mol. The van der Waals surface area contributed by atoms with Crippen molar-refractivity contribution in [1.29, 1.82) is 0 Å². The zero-order valence-electron chi connectivity index (χ0n) is 16.8. The summed E-state index contributed by atoms with van der Waals surface area (Å²) < 4.78 is 41.6. The Morgan fingerprint density at radius 2 is 1.37 bits per heavy atom. The Balaban J connectivity index is 5.85. The molecule has 158 valence electrons. The average molecular weight is 397 g/mol. The van der Waals surface area contributed by atoms with Crippen molar-refractivity contribution in [2.45, 2.75) is 77.6 Å². The molecule has 0 saturated heterocycles. The minimum atomic E-state index is -3.50. The molecule has 0 aromatic heterocycles. The number of imide groups is 1. The number of carbonyl (C=O) groups excluding carboxylic acids is 3. The highest BCUT2D eigenvalue weighted by atomic mass is 19.3. The van der Waals surface area contributed by atoms with Gasteiger partial charge in [0.05, 0.1) is 7.11 Å². The summed E-state index contributed by atoms with van der Waals surface area (Å²) in [5.41, 5.74) is -2.04. The van der Waals surface area contributed by atoms with Crippen LogP contribution in [0, 0.1) is 0 Å². The number of alkyl halides is 2. The number of carbonyl (C=O) groups is 3. The number of rotatable bonds is 6. The summed E-state index contributed by atoms with van der Waals surface area (Å²) in [6, 6.07) is -1.71. The van der Waals surface area contributed by atoms with Crippen molar-refractivity contribution in [2.75, 3.05) is 13.7 Å². The summed E-state index contributed by atoms with van der Waals surface area (Å²) in [6.07, 6.45) is -4.09. The maximum atomic E-state index is 13.4. The zero-order chi connectivity index (χ0) is 21.6. The molecule has 0 aromatic carbocycles. The predicted molar refractivity (Wildman–Crippen MR) is 91.4 cm³/mol. The van der Waals surface area contributed by atoms with Gasteiger partial charge in [-0.25, -0.2) is 23.2 Å². The van der Waals surface area contributed by atoms with Crippen LogP contribution in [-0.2, 0) is 19.0 Å². The molecule has 10 heteroatoms. The van der Waals surface area contributed by atoms with Crippen molar-refractivity contribution in [3.05, 3.63) is 0 Å². The molecule has 1 unspecified atom stereocenters. The predicted octanol–water partition coefficient (Wildman–Crippen LogP) is 3.11. The van der Waals surface area contributed by atoms with Crippen LogP contribution in [0.25, 0.3) is 0 Å². The third-order valence-electron chi connectivity index (χ3n) is 2.98. The second-order valence-corrected chi connectivity index (χ2v) is 7.92. The summed E-state index contributed by atoms with van der Waals surface area (Å²) in [5, 5.41) is 8.70. The number of halogens is 2. The molecule has 0 heterocycles. The van der Waals surface area contributed by atoms with Gasteiger partial charge in [-0.3, -0.25) is 0 Å². The van der Waals surface area contributed by atoms with Crippen molar-refractivity contribution in [3.63, 3.8) is 0 Å². The van der Waals surface area contributed by atoms with Crippen LogP contribution in [0.1, 0.15) is 54.4 Å². The third-order valence-corrected chi connectivity index (χ3v) is 2.98. The normalized spacial score (nSPS) is 13.6. The van der Waals surface area contributed by atoms with E-state index < -0.39 is 60.8 Å². The number of hydrogen-bond donors (Lipinski definition) is 1. The van der Waals surface area contributed by atoms with Crippen LogP contribution in [0.4, 0.5) is 18.4 Å². The van der Waals surface area contributed by atoms with E-state index in [-0.39, 0.29) is 0 Å². The van der Waals surface area contributed by atoms with Crippen molar-refractivity contribution < 1.29 is 42.5 Å². The highest BCUT2D eigenvalue weighted by Gasteiger charge is 2.42. The lowest BCUT2D eigenvalue weighted by Crippen LogP contribution is -2.52. The standard InChI is InChI=1S/C17H29F2NO7/c1-15(2,3)26-13(23)20(14(24)27-16(4,5)6)11(12(22)25-7)8-9-17(18,19)10-21/h11,21H,8-10H2,1-7H3. The van der Waals surface area contributed by atoms with Crippen LogP contribution in [-0.4, -0.2) is 65.0 Å². The fourth-order valence-electron chi connectivity index (χ4n) is 1.87. The first-order chi connectivity index (χ1) is 12.0. The molecule has 8 nitrogen and oxygen atoms in total. The number of esters is 1. The van der Waals surface area contributed by atoms with E-state index in [4.69, 9.17) is 14.6 Å². The van der Waals surface area contributed by atoms with Crippen LogP contribution in [0.15, 0.2) is 0 Å². The molecule has 0 radical (unpaired) electrons. The lowest BCUT2D eigenvalue weighted by atomic mass is 10.1. The zero-order valence-corrected chi connectivity index (χ0v) is 16.8. The number of ether oxygens (including phenoxy) is 3. The van der Waals surface area contributed by atoms with Gasteiger partial charge in [-0.05, 0) is 48.0 Å². The van der Waals surface area contributed by atoms with Gasteiger partial charge in [0, 0.05) is 6.42 Å². The van der Waals surface area contributed by atoms with E-state index in [0.717, 1.165) is 7.11 Å². The quantitative estimate of drug-likeness (QED) is 0.543. The van der Waals surface area contributed by atoms with Crippen LogP contribution in [0.5, 0.6) is 0 Å². The number of methoxy groups -OCH3 is 1. The molecule has 0 aliphatic carbocycles. The summed E-state index contributed by atoms with van der Waals surface area (Å²) in [6.45, 7) is 7.75. The van der Waals surface area contributed by atoms with Crippen molar-refractivity contribution in [2.24, 2.45) is 0 Å². The number of hydrogen-bond acceptors (Lipinski definition) is 7. The highest BCUT2D eigenvalue weighted by molar-refractivity contribution is 5.94. The van der Waals surface area contributed by atoms with Gasteiger partial charge in [0.2, 0.25) is 0 Å². The lowest BCUT2D eigenvalue weighted by Gasteiger charge is -2.32. The Kier molecular flexibility index (Phi) is 8.62. The van der Waals surface area contributed by atoms with Crippen molar-refractivity contribution >= 4 is 18.2 Å². The van der Waals surface area contributed by atoms with Gasteiger partial charge in [-0.15, -0.1) is 0 Å². The summed E-state index contributed by atoms with van der Waals surface area (Å²) in [4.78, 5) is 37.4. The molecule has 0 saturated carbocycles. The Labute approximate surface area is 157 Å². The minimum Gasteiger partial charge on any atom is -0.467 e. The minimum absolute atomic E-state index is 0.329. The number of nitrogens with zero attached hydrogens (tertiary/aromatic N) is 1. The number of aliphatic hydroxyl groups is 1. The summed E-state index contributed by atoms with van der Waals surface area (Å²) in [5.74, 6) is -4.60. The fraction of sp³-hybridized carbons (Fsp3) is 0.824. The molecule has 0 aromatic rings. The Bertz CT molecular complexity index is 510. The van der Waals surface area contributed by atoms with Crippen LogP contribution < -0.4 is 0 Å². The summed E-state index contributed by atoms with van der Waals surface area (Å²) in [7, 11) is 0.988. The molecule has 27 heavy (non-hydrogen) atoms. The molecule has 0 rings (SSSR count). The number of aliphatic hydroxyl groups excluding tert-OH is 1. The van der Waals surface area contributed by atoms with Crippen molar-refractivity contribution in [3.8, 4) is 0 Å². The molecule has 0 aliphatic heterocycles. The molecule has 2 amide bonds. The van der Waals surface area contributed by atoms with Gasteiger partial charge in [-0.2, -0.15) is 4.90 Å². The van der Waals surface area contributed by atoms with Crippen LogP contribution in [0.2, 0.25) is 0 Å². The largest absolute Gasteiger partial charge is 0.467 e. The maximum Gasteiger partial charge on any atom is 0.420 e. The summed E-state index contributed by atoms with van der Waals surface area (Å²) >= 11 is 0. The van der Waals surface area contributed by atoms with E-state index in [0.29, 0.717) is 4.90 Å². The second-order valence-electron chi connectivity index (χ2n) is 7.92. The maximum absolute atomic E-state index is 13.4. The molecule has 1 N–H and O–H groups in total. The van der Waals surface area contributed by atoms with Crippen LogP contribution >= 0.6 is 0 Å². The van der Waals surface area contributed by atoms with Crippen molar-refractivity contribution in [1.82, 2.24) is 4.90 Å². The molecule has 0 aliphatic rings. The van der Waals surface area contributed by atoms with E-state index in [9.17, 15) is 23.2 Å². The highest BCUT2D eigenvalue weighted by Crippen LogP contribution is 2.25. The van der Waals surface area contributed by atoms with Gasteiger partial charge in [0.15, 0.2) is 0 Å². The van der Waals surface area contributed by atoms with Crippen LogP contribution in [0.3, 0.4) is 0 Å². The van der Waals surface area contributed by atoms with Gasteiger partial charge >= 0.3 is 18.2 Å². The molecule has 0 bridgehead atoms. The van der Waals surface area contributed by atoms with E-state index >= 15 is 0 Å². The smallest absolute Gasteiger partial charge is 0.420 e. The van der Waals surface area contributed by atoms with E-state index in [1.54, 1.807) is 0 Å². The Morgan fingerprint density at radius 1 is 0.963 bits per heavy atom. The Morgan fingerprint density at radius 3 is 1.67 bits per heavy atom. The Hall–Kier alpha value is -1.97. The number of amides is 2. The van der Waals surface area contributed by atoms with Gasteiger partial charge in [0.1, 0.15) is 23.9 Å². The average Bonchev–Trinajstić information content (AvgIpc) is 2.46. The van der Waals surface area contributed by atoms with E-state index in [1.807, 2.05) is 0 Å². The molecular formula is C17H29F2NO7. The molecule has 1 atom stereocenters. The van der Waals surface area contributed by atoms with Gasteiger partial charge in [0.25, 0.3) is 5.92 Å². The topological polar surface area (TPSA) is 102 Å².